The summed E-state index contributed by atoms with van der Waals surface area (Å²) in [7, 11) is 0. The Kier molecular flexibility index (Phi) is 25.0. The molecule has 0 aromatic rings. The minimum Gasteiger partial charge on any atom is -0.387 e. The van der Waals surface area contributed by atoms with E-state index in [2.05, 4.69) is 25.7 Å². The average molecular weight is 159 g/mol. The van der Waals surface area contributed by atoms with Crippen molar-refractivity contribution in [2.45, 2.75) is 54.5 Å². The fraction of sp³-hybridized carbons (Fsp3) is 0.800. The smallest absolute Gasteiger partial charge is 0.0201 e. The lowest BCUT2D eigenvalue weighted by atomic mass is 10.4. The van der Waals surface area contributed by atoms with E-state index in [0.29, 0.717) is 6.04 Å². The SMILES string of the molecule is C=C(C)NC(C)C.CC.CC. The van der Waals surface area contributed by atoms with Gasteiger partial charge >= 0.3 is 0 Å². The highest BCUT2D eigenvalue weighted by molar-refractivity contribution is 4.85. The van der Waals surface area contributed by atoms with E-state index in [1.54, 1.807) is 0 Å². The van der Waals surface area contributed by atoms with Crippen LogP contribution in [0.3, 0.4) is 0 Å². The molecule has 1 nitrogen and oxygen atoms in total. The van der Waals surface area contributed by atoms with E-state index in [-0.39, 0.29) is 0 Å². The first-order valence-electron chi connectivity index (χ1n) is 4.55. The van der Waals surface area contributed by atoms with Crippen molar-refractivity contribution >= 4 is 0 Å². The van der Waals surface area contributed by atoms with Gasteiger partial charge in [0, 0.05) is 11.7 Å². The van der Waals surface area contributed by atoms with Gasteiger partial charge in [-0.05, 0) is 20.8 Å². The quantitative estimate of drug-likeness (QED) is 0.649. The lowest BCUT2D eigenvalue weighted by Gasteiger charge is -2.06. The predicted molar refractivity (Wildman–Crippen MR) is 55.8 cm³/mol. The Morgan fingerprint density at radius 2 is 1.36 bits per heavy atom. The van der Waals surface area contributed by atoms with Crippen molar-refractivity contribution in [2.24, 2.45) is 0 Å². The lowest BCUT2D eigenvalue weighted by molar-refractivity contribution is 0.671. The second-order valence-electron chi connectivity index (χ2n) is 2.08. The monoisotopic (exact) mass is 159 g/mol. The van der Waals surface area contributed by atoms with Crippen molar-refractivity contribution in [1.82, 2.24) is 5.32 Å². The summed E-state index contributed by atoms with van der Waals surface area (Å²) in [6.45, 7) is 17.8. The maximum absolute atomic E-state index is 3.68. The zero-order valence-electron chi connectivity index (χ0n) is 9.28. The molecule has 70 valence electrons. The summed E-state index contributed by atoms with van der Waals surface area (Å²) in [5.41, 5.74) is 1.04. The molecule has 0 fully saturated rings. The molecule has 0 spiro atoms. The van der Waals surface area contributed by atoms with Gasteiger partial charge in [0.1, 0.15) is 0 Å². The number of hydrogen-bond donors (Lipinski definition) is 1. The highest BCUT2D eigenvalue weighted by atomic mass is 14.9. The number of allylic oxidation sites excluding steroid dienone is 1. The molecule has 0 atom stereocenters. The van der Waals surface area contributed by atoms with Gasteiger partial charge in [0.15, 0.2) is 0 Å². The Labute approximate surface area is 72.9 Å². The van der Waals surface area contributed by atoms with Crippen LogP contribution in [0.4, 0.5) is 0 Å². The van der Waals surface area contributed by atoms with Crippen LogP contribution in [0.15, 0.2) is 12.3 Å². The number of nitrogens with one attached hydrogen (secondary N) is 1. The topological polar surface area (TPSA) is 12.0 Å². The molecule has 11 heavy (non-hydrogen) atoms. The van der Waals surface area contributed by atoms with E-state index in [9.17, 15) is 0 Å². The summed E-state index contributed by atoms with van der Waals surface area (Å²) in [5.74, 6) is 0. The van der Waals surface area contributed by atoms with Gasteiger partial charge in [-0.3, -0.25) is 0 Å². The Hall–Kier alpha value is -0.460. The van der Waals surface area contributed by atoms with Crippen molar-refractivity contribution in [3.05, 3.63) is 12.3 Å². The molecule has 0 saturated carbocycles. The van der Waals surface area contributed by atoms with Crippen LogP contribution in [0.25, 0.3) is 0 Å². The van der Waals surface area contributed by atoms with Gasteiger partial charge in [-0.15, -0.1) is 0 Å². The van der Waals surface area contributed by atoms with E-state index in [4.69, 9.17) is 0 Å². The van der Waals surface area contributed by atoms with Crippen LogP contribution in [0.2, 0.25) is 0 Å². The standard InChI is InChI=1S/C6H13N.2C2H6/c1-5(2)7-6(3)4;2*1-2/h6-7H,1H2,2-4H3;2*1-2H3. The van der Waals surface area contributed by atoms with Crippen molar-refractivity contribution in [3.8, 4) is 0 Å². The van der Waals surface area contributed by atoms with Gasteiger partial charge in [-0.25, -0.2) is 0 Å². The average Bonchev–Trinajstić information content (AvgIpc) is 1.93. The third kappa shape index (κ3) is 43.3. The van der Waals surface area contributed by atoms with Crippen LogP contribution in [-0.4, -0.2) is 6.04 Å². The molecular weight excluding hydrogens is 134 g/mol. The van der Waals surface area contributed by atoms with E-state index in [0.717, 1.165) is 5.70 Å². The fourth-order valence-corrected chi connectivity index (χ4v) is 0.493. The molecule has 0 bridgehead atoms. The first-order valence-corrected chi connectivity index (χ1v) is 4.55. The summed E-state index contributed by atoms with van der Waals surface area (Å²) in [6, 6.07) is 0.525. The van der Waals surface area contributed by atoms with Crippen molar-refractivity contribution < 1.29 is 0 Å². The van der Waals surface area contributed by atoms with Crippen LogP contribution in [0.5, 0.6) is 0 Å². The molecule has 0 amide bonds. The normalized spacial score (nSPS) is 6.91. The number of hydrogen-bond acceptors (Lipinski definition) is 1. The Morgan fingerprint density at radius 1 is 1.09 bits per heavy atom. The van der Waals surface area contributed by atoms with E-state index in [1.165, 1.54) is 0 Å². The Morgan fingerprint density at radius 3 is 1.36 bits per heavy atom. The highest BCUT2D eigenvalue weighted by Crippen LogP contribution is 1.82. The molecule has 0 aromatic carbocycles. The van der Waals surface area contributed by atoms with Crippen LogP contribution in [-0.2, 0) is 0 Å². The van der Waals surface area contributed by atoms with E-state index >= 15 is 0 Å². The minimum atomic E-state index is 0.525. The van der Waals surface area contributed by atoms with E-state index < -0.39 is 0 Å². The number of rotatable bonds is 2. The van der Waals surface area contributed by atoms with Crippen molar-refractivity contribution in [2.75, 3.05) is 0 Å². The molecule has 0 aliphatic heterocycles. The summed E-state index contributed by atoms with van der Waals surface area (Å²) >= 11 is 0. The van der Waals surface area contributed by atoms with Gasteiger partial charge in [0.25, 0.3) is 0 Å². The minimum absolute atomic E-state index is 0.525. The first kappa shape index (κ1) is 16.9. The van der Waals surface area contributed by atoms with Gasteiger partial charge in [0.05, 0.1) is 0 Å². The molecule has 0 saturated heterocycles. The van der Waals surface area contributed by atoms with Gasteiger partial charge in [0.2, 0.25) is 0 Å². The van der Waals surface area contributed by atoms with Crippen molar-refractivity contribution in [1.29, 1.82) is 0 Å². The third-order valence-corrected chi connectivity index (χ3v) is 0.535. The van der Waals surface area contributed by atoms with Gasteiger partial charge in [-0.2, -0.15) is 0 Å². The van der Waals surface area contributed by atoms with E-state index in [1.807, 2.05) is 34.6 Å². The first-order chi connectivity index (χ1) is 5.13. The third-order valence-electron chi connectivity index (χ3n) is 0.535. The lowest BCUT2D eigenvalue weighted by Crippen LogP contribution is -2.19. The summed E-state index contributed by atoms with van der Waals surface area (Å²) in [5, 5.41) is 3.11. The van der Waals surface area contributed by atoms with Gasteiger partial charge in [-0.1, -0.05) is 34.3 Å². The molecular formula is C10H25N. The van der Waals surface area contributed by atoms with Gasteiger partial charge < -0.3 is 5.32 Å². The molecule has 0 aromatic heterocycles. The summed E-state index contributed by atoms with van der Waals surface area (Å²) in [4.78, 5) is 0. The molecule has 0 aliphatic carbocycles. The maximum Gasteiger partial charge on any atom is 0.0201 e. The largest absolute Gasteiger partial charge is 0.387 e. The summed E-state index contributed by atoms with van der Waals surface area (Å²) < 4.78 is 0. The molecule has 0 radical (unpaired) electrons. The molecule has 1 N–H and O–H groups in total. The zero-order valence-corrected chi connectivity index (χ0v) is 9.28. The summed E-state index contributed by atoms with van der Waals surface area (Å²) in [6.07, 6.45) is 0. The molecule has 0 heterocycles. The molecule has 1 heteroatoms. The van der Waals surface area contributed by atoms with Crippen LogP contribution in [0, 0.1) is 0 Å². The van der Waals surface area contributed by atoms with Crippen LogP contribution >= 0.6 is 0 Å². The highest BCUT2D eigenvalue weighted by Gasteiger charge is 1.85. The molecule has 0 aliphatic rings. The van der Waals surface area contributed by atoms with Crippen molar-refractivity contribution in [3.63, 3.8) is 0 Å². The van der Waals surface area contributed by atoms with Crippen LogP contribution < -0.4 is 5.32 Å². The fourth-order valence-electron chi connectivity index (χ4n) is 0.493. The molecule has 0 rings (SSSR count). The zero-order chi connectivity index (χ0) is 9.86. The Balaban J connectivity index is -0.000000138. The van der Waals surface area contributed by atoms with Crippen LogP contribution in [0.1, 0.15) is 48.5 Å². The molecule has 0 unspecified atom stereocenters. The Bertz CT molecular complexity index is 65.3. The predicted octanol–water partition coefficient (Wildman–Crippen LogP) is 3.57. The second kappa shape index (κ2) is 16.3. The maximum atomic E-state index is 3.68. The second-order valence-corrected chi connectivity index (χ2v) is 2.08.